The molecule has 0 fully saturated rings. The molecule has 0 unspecified atom stereocenters. The van der Waals surface area contributed by atoms with E-state index in [9.17, 15) is 18.4 Å². The lowest BCUT2D eigenvalue weighted by Gasteiger charge is -2.08. The van der Waals surface area contributed by atoms with Crippen molar-refractivity contribution in [2.75, 3.05) is 16.4 Å². The molecule has 0 radical (unpaired) electrons. The van der Waals surface area contributed by atoms with Crippen LogP contribution in [0.2, 0.25) is 0 Å². The molecular weight excluding hydrogens is 422 g/mol. The van der Waals surface area contributed by atoms with Crippen LogP contribution in [0.5, 0.6) is 0 Å². The van der Waals surface area contributed by atoms with Crippen molar-refractivity contribution in [3.8, 4) is 11.3 Å². The highest BCUT2D eigenvalue weighted by Crippen LogP contribution is 2.25. The molecule has 3 rings (SSSR count). The number of unbranched alkanes of at least 4 members (excludes halogenated alkanes) is 2. The molecule has 1 aromatic heterocycles. The van der Waals surface area contributed by atoms with Crippen molar-refractivity contribution in [1.82, 2.24) is 4.98 Å². The Labute approximate surface area is 182 Å². The van der Waals surface area contributed by atoms with E-state index >= 15 is 0 Å². The molecule has 0 saturated heterocycles. The van der Waals surface area contributed by atoms with Gasteiger partial charge in [0.05, 0.1) is 17.1 Å². The second-order valence-corrected chi connectivity index (χ2v) is 7.79. The van der Waals surface area contributed by atoms with Gasteiger partial charge in [-0.2, -0.15) is 0 Å². The Morgan fingerprint density at radius 3 is 2.23 bits per heavy atom. The Bertz CT molecular complexity index is 1050. The molecule has 2 aromatic carbocycles. The number of carbonyl (C=O) groups is 2. The minimum Gasteiger partial charge on any atom is -0.397 e. The number of rotatable bonds is 9. The molecule has 31 heavy (non-hydrogen) atoms. The molecule has 0 bridgehead atoms. The van der Waals surface area contributed by atoms with Crippen LogP contribution in [-0.4, -0.2) is 16.8 Å². The average Bonchev–Trinajstić information content (AvgIpc) is 3.18. The van der Waals surface area contributed by atoms with Gasteiger partial charge in [0.25, 0.3) is 0 Å². The molecule has 4 N–H and O–H groups in total. The number of anilines is 3. The summed E-state index contributed by atoms with van der Waals surface area (Å²) in [5.74, 6) is -1.13. The third-order valence-electron chi connectivity index (χ3n) is 4.49. The van der Waals surface area contributed by atoms with Gasteiger partial charge in [-0.05, 0) is 55.3 Å². The minimum absolute atomic E-state index is 0.149. The molecule has 6 nitrogen and oxygen atoms in total. The molecule has 0 atom stereocenters. The predicted octanol–water partition coefficient (Wildman–Crippen LogP) is 5.20. The number of halogens is 2. The van der Waals surface area contributed by atoms with E-state index in [1.54, 1.807) is 17.5 Å². The van der Waals surface area contributed by atoms with E-state index in [1.807, 2.05) is 0 Å². The second-order valence-electron chi connectivity index (χ2n) is 6.93. The van der Waals surface area contributed by atoms with Gasteiger partial charge in [-0.15, -0.1) is 11.3 Å². The van der Waals surface area contributed by atoms with Crippen molar-refractivity contribution >= 4 is 39.7 Å². The van der Waals surface area contributed by atoms with Crippen molar-refractivity contribution in [3.63, 3.8) is 0 Å². The van der Waals surface area contributed by atoms with Crippen molar-refractivity contribution in [2.45, 2.75) is 32.1 Å². The predicted molar refractivity (Wildman–Crippen MR) is 119 cm³/mol. The first-order valence-electron chi connectivity index (χ1n) is 9.77. The van der Waals surface area contributed by atoms with Crippen LogP contribution in [0.4, 0.5) is 25.3 Å². The molecule has 0 aliphatic carbocycles. The number of hydrogen-bond donors (Lipinski definition) is 3. The summed E-state index contributed by atoms with van der Waals surface area (Å²) < 4.78 is 26.0. The Morgan fingerprint density at radius 2 is 1.55 bits per heavy atom. The van der Waals surface area contributed by atoms with E-state index in [0.717, 1.165) is 11.6 Å². The van der Waals surface area contributed by atoms with Crippen LogP contribution in [-0.2, 0) is 9.59 Å². The zero-order valence-electron chi connectivity index (χ0n) is 16.7. The van der Waals surface area contributed by atoms with Gasteiger partial charge in [0.1, 0.15) is 11.6 Å². The van der Waals surface area contributed by atoms with Crippen molar-refractivity contribution < 1.29 is 18.4 Å². The van der Waals surface area contributed by atoms with Crippen LogP contribution in [0.1, 0.15) is 32.1 Å². The summed E-state index contributed by atoms with van der Waals surface area (Å²) in [6.07, 6.45) is 2.56. The lowest BCUT2D eigenvalue weighted by molar-refractivity contribution is -0.116. The topological polar surface area (TPSA) is 97.1 Å². The fourth-order valence-electron chi connectivity index (χ4n) is 2.87. The first-order valence-corrected chi connectivity index (χ1v) is 10.6. The maximum atomic E-state index is 13.0. The summed E-state index contributed by atoms with van der Waals surface area (Å²) in [7, 11) is 0. The number of benzene rings is 2. The van der Waals surface area contributed by atoms with Gasteiger partial charge in [0.2, 0.25) is 11.8 Å². The molecule has 0 saturated carbocycles. The molecule has 3 aromatic rings. The quantitative estimate of drug-likeness (QED) is 0.312. The first kappa shape index (κ1) is 22.4. The molecule has 0 aliphatic rings. The minimum atomic E-state index is -0.460. The summed E-state index contributed by atoms with van der Waals surface area (Å²) in [6.45, 7) is 0. The summed E-state index contributed by atoms with van der Waals surface area (Å²) in [5.41, 5.74) is 7.67. The Balaban J connectivity index is 1.34. The SMILES string of the molecule is Nc1cc(F)ccc1NC(=O)CCCCCC(=O)Nc1nc(-c2ccc(F)cc2)cs1. The zero-order valence-corrected chi connectivity index (χ0v) is 17.5. The maximum absolute atomic E-state index is 13.0. The Hall–Kier alpha value is -3.33. The van der Waals surface area contributed by atoms with Gasteiger partial charge >= 0.3 is 0 Å². The summed E-state index contributed by atoms with van der Waals surface area (Å²) >= 11 is 1.30. The lowest BCUT2D eigenvalue weighted by atomic mass is 10.1. The summed E-state index contributed by atoms with van der Waals surface area (Å²) in [5, 5.41) is 7.70. The van der Waals surface area contributed by atoms with Crippen LogP contribution in [0, 0.1) is 11.6 Å². The van der Waals surface area contributed by atoms with Crippen molar-refractivity contribution in [1.29, 1.82) is 0 Å². The third kappa shape index (κ3) is 6.85. The highest BCUT2D eigenvalue weighted by Gasteiger charge is 2.09. The molecular formula is C22H22F2N4O2S. The summed E-state index contributed by atoms with van der Waals surface area (Å²) in [6, 6.07) is 9.80. The van der Waals surface area contributed by atoms with Crippen molar-refractivity contribution in [3.05, 3.63) is 59.5 Å². The monoisotopic (exact) mass is 444 g/mol. The number of carbonyl (C=O) groups excluding carboxylic acids is 2. The number of nitrogens with two attached hydrogens (primary N) is 1. The smallest absolute Gasteiger partial charge is 0.226 e. The van der Waals surface area contributed by atoms with Crippen LogP contribution >= 0.6 is 11.3 Å². The largest absolute Gasteiger partial charge is 0.397 e. The van der Waals surface area contributed by atoms with E-state index < -0.39 is 5.82 Å². The summed E-state index contributed by atoms with van der Waals surface area (Å²) in [4.78, 5) is 28.4. The van der Waals surface area contributed by atoms with Gasteiger partial charge in [-0.3, -0.25) is 9.59 Å². The molecule has 1 heterocycles. The van der Waals surface area contributed by atoms with E-state index in [4.69, 9.17) is 5.73 Å². The fourth-order valence-corrected chi connectivity index (χ4v) is 3.61. The Kier molecular flexibility index (Phi) is 7.66. The van der Waals surface area contributed by atoms with E-state index in [1.165, 1.54) is 35.6 Å². The van der Waals surface area contributed by atoms with Crippen LogP contribution in [0.15, 0.2) is 47.8 Å². The molecule has 0 spiro atoms. The lowest BCUT2D eigenvalue weighted by Crippen LogP contribution is -2.13. The number of nitrogens with zero attached hydrogens (tertiary/aromatic N) is 1. The highest BCUT2D eigenvalue weighted by molar-refractivity contribution is 7.14. The number of amides is 2. The van der Waals surface area contributed by atoms with Crippen LogP contribution < -0.4 is 16.4 Å². The first-order chi connectivity index (χ1) is 14.9. The highest BCUT2D eigenvalue weighted by atomic mass is 32.1. The number of aromatic nitrogens is 1. The van der Waals surface area contributed by atoms with E-state index in [2.05, 4.69) is 15.6 Å². The zero-order chi connectivity index (χ0) is 22.2. The average molecular weight is 445 g/mol. The van der Waals surface area contributed by atoms with Gasteiger partial charge in [0, 0.05) is 23.8 Å². The Morgan fingerprint density at radius 1 is 0.903 bits per heavy atom. The van der Waals surface area contributed by atoms with Crippen LogP contribution in [0.25, 0.3) is 11.3 Å². The standard InChI is InChI=1S/C22H22F2N4O2S/c23-15-8-6-14(7-9-15)19-13-31-22(27-19)28-21(30)5-3-1-2-4-20(29)26-18-11-10-16(24)12-17(18)25/h6-13H,1-5,25H2,(H,26,29)(H,27,28,30). The normalized spacial score (nSPS) is 10.6. The molecule has 162 valence electrons. The second kappa shape index (κ2) is 10.6. The fraction of sp³-hybridized carbons (Fsp3) is 0.227. The number of hydrogen-bond acceptors (Lipinski definition) is 5. The number of nitrogens with one attached hydrogen (secondary N) is 2. The molecule has 0 aliphatic heterocycles. The third-order valence-corrected chi connectivity index (χ3v) is 5.24. The van der Waals surface area contributed by atoms with Gasteiger partial charge < -0.3 is 16.4 Å². The van der Waals surface area contributed by atoms with Crippen molar-refractivity contribution in [2.24, 2.45) is 0 Å². The maximum Gasteiger partial charge on any atom is 0.226 e. The number of thiazole rings is 1. The van der Waals surface area contributed by atoms with Gasteiger partial charge in [-0.25, -0.2) is 13.8 Å². The van der Waals surface area contributed by atoms with E-state index in [0.29, 0.717) is 42.2 Å². The molecule has 2 amide bonds. The molecule has 9 heteroatoms. The van der Waals surface area contributed by atoms with Crippen LogP contribution in [0.3, 0.4) is 0 Å². The van der Waals surface area contributed by atoms with Gasteiger partial charge in [0.15, 0.2) is 5.13 Å². The van der Waals surface area contributed by atoms with Gasteiger partial charge in [-0.1, -0.05) is 6.42 Å². The number of nitrogen functional groups attached to an aromatic ring is 1. The van der Waals surface area contributed by atoms with E-state index in [-0.39, 0.29) is 29.7 Å².